The zero-order valence-corrected chi connectivity index (χ0v) is 13.2. The number of hydrogen-bond acceptors (Lipinski definition) is 2. The van der Waals surface area contributed by atoms with Gasteiger partial charge in [-0.3, -0.25) is 0 Å². The maximum atomic E-state index is 5.19. The predicted octanol–water partition coefficient (Wildman–Crippen LogP) is 4.18. The van der Waals surface area contributed by atoms with Crippen LogP contribution in [0.25, 0.3) is 0 Å². The van der Waals surface area contributed by atoms with Crippen molar-refractivity contribution in [2.24, 2.45) is 5.92 Å². The summed E-state index contributed by atoms with van der Waals surface area (Å²) in [5.74, 6) is 1.78. The lowest BCUT2D eigenvalue weighted by molar-refractivity contribution is 0.258. The first-order valence-corrected chi connectivity index (χ1v) is 8.08. The molecule has 2 nitrogen and oxygen atoms in total. The molecule has 0 spiro atoms. The van der Waals surface area contributed by atoms with Crippen LogP contribution in [0.1, 0.15) is 51.5 Å². The smallest absolute Gasteiger partial charge is 0.118 e. The molecule has 3 atom stereocenters. The molecule has 0 saturated heterocycles. The number of nitrogens with one attached hydrogen (secondary N) is 1. The summed E-state index contributed by atoms with van der Waals surface area (Å²) in [7, 11) is 1.71. The SMILES string of the molecule is COc1ccc(CCC(C)NC2CCCCC2C)cc1. The Labute approximate surface area is 123 Å². The van der Waals surface area contributed by atoms with Crippen LogP contribution in [0.3, 0.4) is 0 Å². The summed E-state index contributed by atoms with van der Waals surface area (Å²) >= 11 is 0. The van der Waals surface area contributed by atoms with Crippen molar-refractivity contribution in [3.63, 3.8) is 0 Å². The highest BCUT2D eigenvalue weighted by Gasteiger charge is 2.22. The molecule has 0 aliphatic heterocycles. The average molecular weight is 275 g/mol. The van der Waals surface area contributed by atoms with Crippen molar-refractivity contribution in [3.05, 3.63) is 29.8 Å². The van der Waals surface area contributed by atoms with Gasteiger partial charge < -0.3 is 10.1 Å². The summed E-state index contributed by atoms with van der Waals surface area (Å²) in [6.45, 7) is 4.72. The third-order valence-electron chi connectivity index (χ3n) is 4.64. The lowest BCUT2D eigenvalue weighted by atomic mass is 9.85. The second-order valence-corrected chi connectivity index (χ2v) is 6.32. The van der Waals surface area contributed by atoms with E-state index in [2.05, 4.69) is 43.4 Å². The van der Waals surface area contributed by atoms with Crippen molar-refractivity contribution < 1.29 is 4.74 Å². The van der Waals surface area contributed by atoms with Crippen molar-refractivity contribution >= 4 is 0 Å². The van der Waals surface area contributed by atoms with Crippen LogP contribution in [0.15, 0.2) is 24.3 Å². The number of aryl methyl sites for hydroxylation is 1. The third kappa shape index (κ3) is 4.52. The normalized spacial score (nSPS) is 24.4. The summed E-state index contributed by atoms with van der Waals surface area (Å²) in [4.78, 5) is 0. The van der Waals surface area contributed by atoms with E-state index in [1.165, 1.54) is 37.7 Å². The first kappa shape index (κ1) is 15.4. The Morgan fingerprint density at radius 2 is 1.90 bits per heavy atom. The summed E-state index contributed by atoms with van der Waals surface area (Å²) in [6, 6.07) is 9.79. The van der Waals surface area contributed by atoms with Crippen molar-refractivity contribution in [2.45, 2.75) is 64.5 Å². The van der Waals surface area contributed by atoms with Gasteiger partial charge in [0.1, 0.15) is 5.75 Å². The molecule has 0 heterocycles. The molecule has 2 heteroatoms. The van der Waals surface area contributed by atoms with Gasteiger partial charge in [0.25, 0.3) is 0 Å². The molecule has 0 radical (unpaired) electrons. The van der Waals surface area contributed by atoms with E-state index in [9.17, 15) is 0 Å². The molecule has 0 amide bonds. The predicted molar refractivity (Wildman–Crippen MR) is 85.3 cm³/mol. The van der Waals surface area contributed by atoms with Crippen LogP contribution in [0, 0.1) is 5.92 Å². The summed E-state index contributed by atoms with van der Waals surface area (Å²) in [5, 5.41) is 3.84. The van der Waals surface area contributed by atoms with Gasteiger partial charge in [0.2, 0.25) is 0 Å². The number of benzene rings is 1. The van der Waals surface area contributed by atoms with E-state index < -0.39 is 0 Å². The van der Waals surface area contributed by atoms with Crippen LogP contribution in [0.5, 0.6) is 5.75 Å². The Kier molecular flexibility index (Phi) is 5.90. The topological polar surface area (TPSA) is 21.3 Å². The first-order chi connectivity index (χ1) is 9.69. The highest BCUT2D eigenvalue weighted by atomic mass is 16.5. The molecule has 1 aliphatic rings. The number of methoxy groups -OCH3 is 1. The fraction of sp³-hybridized carbons (Fsp3) is 0.667. The standard InChI is InChI=1S/C18H29NO/c1-14-6-4-5-7-18(14)19-15(2)8-9-16-10-12-17(20-3)13-11-16/h10-15,18-19H,4-9H2,1-3H3. The second-order valence-electron chi connectivity index (χ2n) is 6.32. The van der Waals surface area contributed by atoms with Crippen molar-refractivity contribution in [1.29, 1.82) is 0 Å². The molecule has 1 aliphatic carbocycles. The summed E-state index contributed by atoms with van der Waals surface area (Å²) < 4.78 is 5.19. The van der Waals surface area contributed by atoms with Gasteiger partial charge in [-0.05, 0) is 56.2 Å². The van der Waals surface area contributed by atoms with Gasteiger partial charge >= 0.3 is 0 Å². The quantitative estimate of drug-likeness (QED) is 0.840. The van der Waals surface area contributed by atoms with E-state index in [0.717, 1.165) is 24.1 Å². The Hall–Kier alpha value is -1.02. The Morgan fingerprint density at radius 3 is 2.55 bits per heavy atom. The molecule has 3 unspecified atom stereocenters. The van der Waals surface area contributed by atoms with Crippen LogP contribution in [0.4, 0.5) is 0 Å². The highest BCUT2D eigenvalue weighted by molar-refractivity contribution is 5.27. The molecule has 1 saturated carbocycles. The molecule has 1 fully saturated rings. The molecule has 1 aromatic carbocycles. The van der Waals surface area contributed by atoms with E-state index >= 15 is 0 Å². The monoisotopic (exact) mass is 275 g/mol. The molecule has 2 rings (SSSR count). The molecular weight excluding hydrogens is 246 g/mol. The lowest BCUT2D eigenvalue weighted by Crippen LogP contribution is -2.42. The van der Waals surface area contributed by atoms with Gasteiger partial charge in [0.15, 0.2) is 0 Å². The fourth-order valence-corrected chi connectivity index (χ4v) is 3.19. The van der Waals surface area contributed by atoms with Crippen LogP contribution < -0.4 is 10.1 Å². The van der Waals surface area contributed by atoms with Gasteiger partial charge in [0, 0.05) is 12.1 Å². The number of ether oxygens (including phenoxy) is 1. The molecule has 20 heavy (non-hydrogen) atoms. The Morgan fingerprint density at radius 1 is 1.20 bits per heavy atom. The van der Waals surface area contributed by atoms with Crippen LogP contribution in [-0.2, 0) is 6.42 Å². The third-order valence-corrected chi connectivity index (χ3v) is 4.64. The van der Waals surface area contributed by atoms with Crippen molar-refractivity contribution in [3.8, 4) is 5.75 Å². The van der Waals surface area contributed by atoms with Crippen LogP contribution >= 0.6 is 0 Å². The van der Waals surface area contributed by atoms with E-state index in [4.69, 9.17) is 4.74 Å². The van der Waals surface area contributed by atoms with Gasteiger partial charge in [0.05, 0.1) is 7.11 Å². The summed E-state index contributed by atoms with van der Waals surface area (Å²) in [5.41, 5.74) is 1.40. The molecular formula is C18H29NO. The molecule has 0 bridgehead atoms. The van der Waals surface area contributed by atoms with Gasteiger partial charge in [-0.2, -0.15) is 0 Å². The van der Waals surface area contributed by atoms with Gasteiger partial charge in [-0.25, -0.2) is 0 Å². The average Bonchev–Trinajstić information content (AvgIpc) is 2.48. The number of rotatable bonds is 6. The van der Waals surface area contributed by atoms with E-state index in [1.807, 2.05) is 0 Å². The minimum atomic E-state index is 0.600. The maximum absolute atomic E-state index is 5.19. The second kappa shape index (κ2) is 7.68. The van der Waals surface area contributed by atoms with E-state index in [-0.39, 0.29) is 0 Å². The minimum absolute atomic E-state index is 0.600. The van der Waals surface area contributed by atoms with Gasteiger partial charge in [-0.1, -0.05) is 31.9 Å². The Balaban J connectivity index is 1.74. The zero-order chi connectivity index (χ0) is 14.4. The maximum Gasteiger partial charge on any atom is 0.118 e. The van der Waals surface area contributed by atoms with Crippen molar-refractivity contribution in [1.82, 2.24) is 5.32 Å². The van der Waals surface area contributed by atoms with Crippen molar-refractivity contribution in [2.75, 3.05) is 7.11 Å². The molecule has 1 aromatic rings. The van der Waals surface area contributed by atoms with Crippen LogP contribution in [0.2, 0.25) is 0 Å². The minimum Gasteiger partial charge on any atom is -0.497 e. The highest BCUT2D eigenvalue weighted by Crippen LogP contribution is 2.24. The van der Waals surface area contributed by atoms with Gasteiger partial charge in [-0.15, -0.1) is 0 Å². The molecule has 1 N–H and O–H groups in total. The fourth-order valence-electron chi connectivity index (χ4n) is 3.19. The molecule has 0 aromatic heterocycles. The number of hydrogen-bond donors (Lipinski definition) is 1. The summed E-state index contributed by atoms with van der Waals surface area (Å²) in [6.07, 6.45) is 7.90. The lowest BCUT2D eigenvalue weighted by Gasteiger charge is -2.32. The Bertz CT molecular complexity index is 387. The molecule has 112 valence electrons. The largest absolute Gasteiger partial charge is 0.497 e. The zero-order valence-electron chi connectivity index (χ0n) is 13.2. The van der Waals surface area contributed by atoms with E-state index in [0.29, 0.717) is 6.04 Å². The van der Waals surface area contributed by atoms with Crippen LogP contribution in [-0.4, -0.2) is 19.2 Å². The van der Waals surface area contributed by atoms with E-state index in [1.54, 1.807) is 7.11 Å². The first-order valence-electron chi connectivity index (χ1n) is 8.08.